The number of piperidine rings is 1. The van der Waals surface area contributed by atoms with E-state index in [0.717, 1.165) is 31.6 Å². The summed E-state index contributed by atoms with van der Waals surface area (Å²) in [6.45, 7) is 3.84. The lowest BCUT2D eigenvalue weighted by molar-refractivity contribution is -0.121. The first kappa shape index (κ1) is 19.8. The number of rotatable bonds is 4. The number of amides is 2. The molecule has 1 unspecified atom stereocenters. The first-order valence-electron chi connectivity index (χ1n) is 9.88. The van der Waals surface area contributed by atoms with Crippen LogP contribution in [0.2, 0.25) is 5.02 Å². The van der Waals surface area contributed by atoms with Gasteiger partial charge >= 0.3 is 0 Å². The Kier molecular flexibility index (Phi) is 6.06. The second-order valence-corrected chi connectivity index (χ2v) is 7.75. The van der Waals surface area contributed by atoms with Crippen LogP contribution in [0, 0.1) is 5.92 Å². The molecule has 2 saturated heterocycles. The number of nitrogens with zero attached hydrogens (tertiary/aromatic N) is 2. The van der Waals surface area contributed by atoms with Crippen LogP contribution in [0.25, 0.3) is 0 Å². The van der Waals surface area contributed by atoms with Crippen molar-refractivity contribution in [2.45, 2.75) is 12.8 Å². The van der Waals surface area contributed by atoms with E-state index in [0.29, 0.717) is 42.8 Å². The third kappa shape index (κ3) is 4.57. The summed E-state index contributed by atoms with van der Waals surface area (Å²) in [5, 5.41) is 3.61. The van der Waals surface area contributed by atoms with Crippen LogP contribution >= 0.6 is 11.6 Å². The quantitative estimate of drug-likeness (QED) is 0.826. The summed E-state index contributed by atoms with van der Waals surface area (Å²) in [5.74, 6) is -0.252. The Morgan fingerprint density at radius 1 is 1.14 bits per heavy atom. The van der Waals surface area contributed by atoms with Crippen molar-refractivity contribution in [1.82, 2.24) is 4.90 Å². The Morgan fingerprint density at radius 2 is 1.97 bits per heavy atom. The van der Waals surface area contributed by atoms with Crippen molar-refractivity contribution in [3.8, 4) is 0 Å². The Bertz CT molecular complexity index is 865. The molecule has 1 aromatic carbocycles. The lowest BCUT2D eigenvalue weighted by Gasteiger charge is -2.33. The molecule has 0 bridgehead atoms. The van der Waals surface area contributed by atoms with Gasteiger partial charge in [0.2, 0.25) is 5.91 Å². The van der Waals surface area contributed by atoms with Gasteiger partial charge in [-0.1, -0.05) is 11.6 Å². The van der Waals surface area contributed by atoms with Crippen molar-refractivity contribution >= 4 is 34.8 Å². The smallest absolute Gasteiger partial charge is 0.289 e. The number of nitrogens with one attached hydrogen (secondary N) is 1. The Hall–Kier alpha value is -2.51. The van der Waals surface area contributed by atoms with Gasteiger partial charge in [-0.3, -0.25) is 9.59 Å². The molecule has 154 valence electrons. The van der Waals surface area contributed by atoms with Crippen LogP contribution in [-0.4, -0.2) is 56.1 Å². The Labute approximate surface area is 174 Å². The van der Waals surface area contributed by atoms with Gasteiger partial charge in [0.15, 0.2) is 5.76 Å². The summed E-state index contributed by atoms with van der Waals surface area (Å²) < 4.78 is 10.6. The highest BCUT2D eigenvalue weighted by Crippen LogP contribution is 2.31. The number of furan rings is 1. The molecule has 0 radical (unpaired) electrons. The van der Waals surface area contributed by atoms with Gasteiger partial charge in [-0.05, 0) is 43.2 Å². The molecule has 29 heavy (non-hydrogen) atoms. The zero-order chi connectivity index (χ0) is 20.2. The van der Waals surface area contributed by atoms with Crippen molar-refractivity contribution in [3.63, 3.8) is 0 Å². The zero-order valence-electron chi connectivity index (χ0n) is 16.1. The minimum Gasteiger partial charge on any atom is -0.459 e. The molecule has 0 spiro atoms. The number of benzene rings is 1. The largest absolute Gasteiger partial charge is 0.459 e. The van der Waals surface area contributed by atoms with E-state index in [1.807, 2.05) is 12.1 Å². The molecule has 3 heterocycles. The van der Waals surface area contributed by atoms with Crippen molar-refractivity contribution in [1.29, 1.82) is 0 Å². The molecule has 1 aromatic heterocycles. The molecule has 0 aliphatic carbocycles. The monoisotopic (exact) mass is 417 g/mol. The van der Waals surface area contributed by atoms with Crippen molar-refractivity contribution in [2.75, 3.05) is 49.6 Å². The Balaban J connectivity index is 1.46. The van der Waals surface area contributed by atoms with Gasteiger partial charge in [-0.2, -0.15) is 0 Å². The lowest BCUT2D eigenvalue weighted by Crippen LogP contribution is -2.44. The number of hydrogen-bond acceptors (Lipinski definition) is 5. The average Bonchev–Trinajstić information content (AvgIpc) is 3.29. The number of halogens is 1. The predicted molar refractivity (Wildman–Crippen MR) is 110 cm³/mol. The molecular formula is C21H24ClN3O4. The van der Waals surface area contributed by atoms with Gasteiger partial charge in [0.05, 0.1) is 36.8 Å². The van der Waals surface area contributed by atoms with Gasteiger partial charge in [0, 0.05) is 31.2 Å². The zero-order valence-corrected chi connectivity index (χ0v) is 16.9. The van der Waals surface area contributed by atoms with Crippen LogP contribution in [0.15, 0.2) is 41.0 Å². The second kappa shape index (κ2) is 8.88. The topological polar surface area (TPSA) is 75.0 Å². The van der Waals surface area contributed by atoms with E-state index in [-0.39, 0.29) is 17.7 Å². The van der Waals surface area contributed by atoms with E-state index in [2.05, 4.69) is 10.2 Å². The van der Waals surface area contributed by atoms with Crippen LogP contribution in [0.5, 0.6) is 0 Å². The summed E-state index contributed by atoms with van der Waals surface area (Å²) >= 11 is 6.19. The molecule has 7 nitrogen and oxygen atoms in total. The third-order valence-electron chi connectivity index (χ3n) is 5.38. The number of anilines is 2. The molecule has 1 atom stereocenters. The average molecular weight is 418 g/mol. The summed E-state index contributed by atoms with van der Waals surface area (Å²) in [7, 11) is 0. The lowest BCUT2D eigenvalue weighted by atomic mass is 9.96. The van der Waals surface area contributed by atoms with Crippen molar-refractivity contribution in [2.24, 2.45) is 5.92 Å². The fourth-order valence-electron chi connectivity index (χ4n) is 3.85. The SMILES string of the molecule is O=C(Nc1cc(Cl)ccc1N1CCOCC1)C1CCCN(C(=O)c2ccco2)C1. The van der Waals surface area contributed by atoms with Gasteiger partial charge < -0.3 is 24.3 Å². The van der Waals surface area contributed by atoms with Gasteiger partial charge in [-0.25, -0.2) is 0 Å². The molecule has 2 aromatic rings. The van der Waals surface area contributed by atoms with E-state index >= 15 is 0 Å². The molecule has 1 N–H and O–H groups in total. The number of ether oxygens (including phenoxy) is 1. The predicted octanol–water partition coefficient (Wildman–Crippen LogP) is 3.26. The summed E-state index contributed by atoms with van der Waals surface area (Å²) in [6.07, 6.45) is 2.99. The van der Waals surface area contributed by atoms with E-state index in [1.54, 1.807) is 23.1 Å². The molecular weight excluding hydrogens is 394 g/mol. The summed E-state index contributed by atoms with van der Waals surface area (Å²) in [6, 6.07) is 8.86. The summed E-state index contributed by atoms with van der Waals surface area (Å²) in [5.41, 5.74) is 1.63. The fraction of sp³-hybridized carbons (Fsp3) is 0.429. The van der Waals surface area contributed by atoms with E-state index in [4.69, 9.17) is 20.8 Å². The maximum Gasteiger partial charge on any atom is 0.289 e. The highest BCUT2D eigenvalue weighted by molar-refractivity contribution is 6.31. The first-order chi connectivity index (χ1) is 14.1. The Morgan fingerprint density at radius 3 is 2.72 bits per heavy atom. The molecule has 2 aliphatic rings. The minimum atomic E-state index is -0.279. The molecule has 2 amide bonds. The molecule has 8 heteroatoms. The number of carbonyl (C=O) groups is 2. The number of hydrogen-bond donors (Lipinski definition) is 1. The minimum absolute atomic E-state index is 0.0984. The molecule has 2 fully saturated rings. The van der Waals surface area contributed by atoms with Crippen LogP contribution in [0.3, 0.4) is 0 Å². The maximum absolute atomic E-state index is 13.0. The van der Waals surface area contributed by atoms with E-state index < -0.39 is 0 Å². The number of carbonyl (C=O) groups excluding carboxylic acids is 2. The second-order valence-electron chi connectivity index (χ2n) is 7.32. The molecule has 4 rings (SSSR count). The number of likely N-dealkylation sites (tertiary alicyclic amines) is 1. The highest BCUT2D eigenvalue weighted by Gasteiger charge is 2.30. The van der Waals surface area contributed by atoms with Gasteiger partial charge in [-0.15, -0.1) is 0 Å². The molecule has 0 saturated carbocycles. The van der Waals surface area contributed by atoms with Crippen LogP contribution in [0.4, 0.5) is 11.4 Å². The van der Waals surface area contributed by atoms with E-state index in [9.17, 15) is 9.59 Å². The highest BCUT2D eigenvalue weighted by atomic mass is 35.5. The fourth-order valence-corrected chi connectivity index (χ4v) is 4.03. The maximum atomic E-state index is 13.0. The standard InChI is InChI=1S/C21H24ClN3O4/c22-16-5-6-18(24-8-11-28-12-9-24)17(13-16)23-20(26)15-3-1-7-25(14-15)21(27)19-4-2-10-29-19/h2,4-6,10,13,15H,1,3,7-9,11-12,14H2,(H,23,26). The van der Waals surface area contributed by atoms with E-state index in [1.165, 1.54) is 6.26 Å². The van der Waals surface area contributed by atoms with Gasteiger partial charge in [0.1, 0.15) is 0 Å². The van der Waals surface area contributed by atoms with Crippen molar-refractivity contribution < 1.29 is 18.7 Å². The van der Waals surface area contributed by atoms with Crippen LogP contribution in [-0.2, 0) is 9.53 Å². The van der Waals surface area contributed by atoms with Crippen molar-refractivity contribution in [3.05, 3.63) is 47.4 Å². The normalized spacial score (nSPS) is 19.8. The third-order valence-corrected chi connectivity index (χ3v) is 5.61. The first-order valence-corrected chi connectivity index (χ1v) is 10.3. The molecule has 2 aliphatic heterocycles. The van der Waals surface area contributed by atoms with Crippen LogP contribution < -0.4 is 10.2 Å². The van der Waals surface area contributed by atoms with Crippen LogP contribution in [0.1, 0.15) is 23.4 Å². The number of morpholine rings is 1. The van der Waals surface area contributed by atoms with Gasteiger partial charge in [0.25, 0.3) is 5.91 Å². The summed E-state index contributed by atoms with van der Waals surface area (Å²) in [4.78, 5) is 29.4.